The van der Waals surface area contributed by atoms with Crippen LogP contribution in [0, 0.1) is 0 Å². The molecule has 1 unspecified atom stereocenters. The molecular weight excluding hydrogens is 396 g/mol. The van der Waals surface area contributed by atoms with Crippen LogP contribution < -0.4 is 0 Å². The fraction of sp³-hybridized carbons (Fsp3) is 0.579. The van der Waals surface area contributed by atoms with E-state index in [1.807, 2.05) is 33.9 Å². The van der Waals surface area contributed by atoms with E-state index in [2.05, 4.69) is 10.2 Å². The van der Waals surface area contributed by atoms with Crippen molar-refractivity contribution in [2.75, 3.05) is 18.8 Å². The van der Waals surface area contributed by atoms with Crippen molar-refractivity contribution in [2.45, 2.75) is 57.3 Å². The highest BCUT2D eigenvalue weighted by Crippen LogP contribution is 2.27. The van der Waals surface area contributed by atoms with Crippen LogP contribution in [0.4, 0.5) is 0 Å². The molecule has 1 atom stereocenters. The van der Waals surface area contributed by atoms with Gasteiger partial charge in [0.25, 0.3) is 5.91 Å². The first-order valence-corrected chi connectivity index (χ1v) is 11.5. The lowest BCUT2D eigenvalue weighted by Gasteiger charge is -2.23. The van der Waals surface area contributed by atoms with Crippen molar-refractivity contribution in [3.63, 3.8) is 0 Å². The van der Waals surface area contributed by atoms with Crippen molar-refractivity contribution in [3.05, 3.63) is 17.5 Å². The summed E-state index contributed by atoms with van der Waals surface area (Å²) in [5, 5.41) is 11.1. The minimum atomic E-state index is -0.753. The van der Waals surface area contributed by atoms with Crippen LogP contribution in [0.5, 0.6) is 0 Å². The summed E-state index contributed by atoms with van der Waals surface area (Å²) in [4.78, 5) is 27.6. The Bertz CT molecular complexity index is 783. The van der Waals surface area contributed by atoms with E-state index in [4.69, 9.17) is 4.74 Å². The minimum Gasteiger partial charge on any atom is -0.452 e. The molecule has 0 N–H and O–H groups in total. The van der Waals surface area contributed by atoms with Crippen molar-refractivity contribution in [2.24, 2.45) is 0 Å². The van der Waals surface area contributed by atoms with Crippen LogP contribution in [0.2, 0.25) is 0 Å². The maximum atomic E-state index is 12.5. The number of amides is 1. The molecule has 1 saturated heterocycles. The average molecular weight is 423 g/mol. The smallest absolute Gasteiger partial charge is 0.317 e. The first kappa shape index (κ1) is 20.9. The number of esters is 1. The predicted octanol–water partition coefficient (Wildman–Crippen LogP) is 3.45. The Labute approximate surface area is 173 Å². The number of thiophene rings is 1. The first-order valence-electron chi connectivity index (χ1n) is 9.68. The number of thioether (sulfide) groups is 1. The number of rotatable bonds is 7. The summed E-state index contributed by atoms with van der Waals surface area (Å²) < 4.78 is 7.36. The molecule has 0 spiro atoms. The topological polar surface area (TPSA) is 77.3 Å². The van der Waals surface area contributed by atoms with E-state index in [0.717, 1.165) is 49.5 Å². The summed E-state index contributed by atoms with van der Waals surface area (Å²) >= 11 is 2.89. The zero-order valence-electron chi connectivity index (χ0n) is 16.3. The van der Waals surface area contributed by atoms with Crippen LogP contribution in [-0.4, -0.2) is 56.5 Å². The second-order valence-corrected chi connectivity index (χ2v) is 8.58. The second kappa shape index (κ2) is 10.1. The lowest BCUT2D eigenvalue weighted by Crippen LogP contribution is -2.40. The lowest BCUT2D eigenvalue weighted by atomic mass is 10.2. The molecule has 1 fully saturated rings. The molecule has 1 aliphatic rings. The number of ether oxygens (including phenoxy) is 1. The third-order valence-corrected chi connectivity index (χ3v) is 6.47. The fourth-order valence-corrected chi connectivity index (χ4v) is 4.72. The van der Waals surface area contributed by atoms with Crippen LogP contribution in [0.15, 0.2) is 22.7 Å². The van der Waals surface area contributed by atoms with Gasteiger partial charge in [-0.2, -0.15) is 0 Å². The number of carbonyl (C=O) groups excluding carboxylic acids is 2. The molecular formula is C19H26N4O3S2. The van der Waals surface area contributed by atoms with Gasteiger partial charge in [-0.25, -0.2) is 0 Å². The van der Waals surface area contributed by atoms with Gasteiger partial charge >= 0.3 is 5.97 Å². The summed E-state index contributed by atoms with van der Waals surface area (Å²) in [6, 6.07) is 3.97. The van der Waals surface area contributed by atoms with Crippen LogP contribution in [0.1, 0.15) is 39.5 Å². The second-order valence-electron chi connectivity index (χ2n) is 6.69. The highest BCUT2D eigenvalue weighted by molar-refractivity contribution is 7.99. The summed E-state index contributed by atoms with van der Waals surface area (Å²) in [5.41, 5.74) is 0. The van der Waals surface area contributed by atoms with E-state index in [0.29, 0.717) is 11.7 Å². The van der Waals surface area contributed by atoms with E-state index in [1.165, 1.54) is 11.8 Å². The maximum Gasteiger partial charge on any atom is 0.317 e. The third-order valence-electron chi connectivity index (χ3n) is 4.67. The summed E-state index contributed by atoms with van der Waals surface area (Å²) in [5.74, 6) is 0.388. The van der Waals surface area contributed by atoms with Crippen LogP contribution >= 0.6 is 23.1 Å². The van der Waals surface area contributed by atoms with Gasteiger partial charge in [-0.1, -0.05) is 30.7 Å². The number of nitrogens with zero attached hydrogens (tertiary/aromatic N) is 4. The molecule has 0 saturated carbocycles. The van der Waals surface area contributed by atoms with Crippen molar-refractivity contribution < 1.29 is 14.3 Å². The summed E-state index contributed by atoms with van der Waals surface area (Å²) in [6.45, 7) is 5.88. The van der Waals surface area contributed by atoms with Gasteiger partial charge in [0, 0.05) is 19.6 Å². The van der Waals surface area contributed by atoms with Crippen molar-refractivity contribution in [3.8, 4) is 10.7 Å². The maximum absolute atomic E-state index is 12.5. The standard InChI is InChI=1S/C19H26N4O3S2/c1-3-23-17(15-9-8-12-27-15)20-21-19(23)28-13-16(24)26-14(2)18(25)22-10-6-4-5-7-11-22/h8-9,12,14H,3-7,10-11,13H2,1-2H3. The van der Waals surface area contributed by atoms with Gasteiger partial charge in [-0.3, -0.25) is 9.59 Å². The van der Waals surface area contributed by atoms with Gasteiger partial charge in [0.05, 0.1) is 10.6 Å². The van der Waals surface area contributed by atoms with E-state index >= 15 is 0 Å². The highest BCUT2D eigenvalue weighted by atomic mass is 32.2. The molecule has 0 aliphatic carbocycles. The lowest BCUT2D eigenvalue weighted by molar-refractivity contribution is -0.157. The Hall–Kier alpha value is -1.87. The fourth-order valence-electron chi connectivity index (χ4n) is 3.22. The number of hydrogen-bond acceptors (Lipinski definition) is 7. The van der Waals surface area contributed by atoms with E-state index in [9.17, 15) is 9.59 Å². The van der Waals surface area contributed by atoms with Gasteiger partial charge < -0.3 is 14.2 Å². The molecule has 2 aromatic rings. The monoisotopic (exact) mass is 422 g/mol. The molecule has 0 radical (unpaired) electrons. The zero-order valence-corrected chi connectivity index (χ0v) is 17.9. The van der Waals surface area contributed by atoms with Crippen molar-refractivity contribution in [1.82, 2.24) is 19.7 Å². The van der Waals surface area contributed by atoms with Gasteiger partial charge in [0.1, 0.15) is 0 Å². The van der Waals surface area contributed by atoms with Crippen molar-refractivity contribution >= 4 is 35.0 Å². The van der Waals surface area contributed by atoms with Gasteiger partial charge in [0.2, 0.25) is 0 Å². The number of likely N-dealkylation sites (tertiary alicyclic amines) is 1. The Morgan fingerprint density at radius 1 is 1.25 bits per heavy atom. The van der Waals surface area contributed by atoms with E-state index in [1.54, 1.807) is 18.3 Å². The van der Waals surface area contributed by atoms with Gasteiger partial charge in [-0.05, 0) is 38.1 Å². The largest absolute Gasteiger partial charge is 0.452 e. The molecule has 3 heterocycles. The SMILES string of the molecule is CCn1c(SCC(=O)OC(C)C(=O)N2CCCCCC2)nnc1-c1cccs1. The summed E-state index contributed by atoms with van der Waals surface area (Å²) in [6.07, 6.45) is 3.58. The third kappa shape index (κ3) is 5.14. The molecule has 1 aliphatic heterocycles. The number of aromatic nitrogens is 3. The predicted molar refractivity (Wildman–Crippen MR) is 110 cm³/mol. The molecule has 1 amide bonds. The van der Waals surface area contributed by atoms with Gasteiger partial charge in [0.15, 0.2) is 17.1 Å². The highest BCUT2D eigenvalue weighted by Gasteiger charge is 2.25. The Morgan fingerprint density at radius 2 is 2.00 bits per heavy atom. The minimum absolute atomic E-state index is 0.0974. The summed E-state index contributed by atoms with van der Waals surface area (Å²) in [7, 11) is 0. The Morgan fingerprint density at radius 3 is 2.64 bits per heavy atom. The van der Waals surface area contributed by atoms with E-state index < -0.39 is 12.1 Å². The number of hydrogen-bond donors (Lipinski definition) is 0. The Kier molecular flexibility index (Phi) is 7.50. The van der Waals surface area contributed by atoms with Crippen LogP contribution in [0.3, 0.4) is 0 Å². The molecule has 0 aromatic carbocycles. The van der Waals surface area contributed by atoms with Gasteiger partial charge in [-0.15, -0.1) is 21.5 Å². The normalized spacial score (nSPS) is 15.9. The Balaban J connectivity index is 1.53. The van der Waals surface area contributed by atoms with E-state index in [-0.39, 0.29) is 11.7 Å². The molecule has 3 rings (SSSR count). The van der Waals surface area contributed by atoms with Crippen LogP contribution in [-0.2, 0) is 20.9 Å². The molecule has 0 bridgehead atoms. The quantitative estimate of drug-likeness (QED) is 0.502. The molecule has 152 valence electrons. The molecule has 28 heavy (non-hydrogen) atoms. The number of carbonyl (C=O) groups is 2. The average Bonchev–Trinajstić information content (AvgIpc) is 3.28. The molecule has 9 heteroatoms. The first-order chi connectivity index (χ1) is 13.6. The van der Waals surface area contributed by atoms with Crippen molar-refractivity contribution in [1.29, 1.82) is 0 Å². The zero-order chi connectivity index (χ0) is 19.9. The molecule has 7 nitrogen and oxygen atoms in total. The van der Waals surface area contributed by atoms with Crippen LogP contribution in [0.25, 0.3) is 10.7 Å². The molecule has 2 aromatic heterocycles.